The van der Waals surface area contributed by atoms with Crippen molar-refractivity contribution in [2.24, 2.45) is 0 Å². The van der Waals surface area contributed by atoms with Crippen LogP contribution in [0.3, 0.4) is 0 Å². The summed E-state index contributed by atoms with van der Waals surface area (Å²) in [4.78, 5) is 17.6. The van der Waals surface area contributed by atoms with E-state index in [1.807, 2.05) is 13.8 Å². The van der Waals surface area contributed by atoms with Gasteiger partial charge in [0.2, 0.25) is 5.91 Å². The highest BCUT2D eigenvalue weighted by Gasteiger charge is 2.10. The molecule has 94 valence electrons. The van der Waals surface area contributed by atoms with E-state index >= 15 is 0 Å². The summed E-state index contributed by atoms with van der Waals surface area (Å²) in [6, 6.07) is 1.75. The predicted molar refractivity (Wildman–Crippen MR) is 72.8 cm³/mol. The van der Waals surface area contributed by atoms with Crippen LogP contribution in [0.2, 0.25) is 0 Å². The Hall–Kier alpha value is -1.30. The molecule has 0 saturated heterocycles. The van der Waals surface area contributed by atoms with Gasteiger partial charge in [0.25, 0.3) is 0 Å². The molecule has 1 aromatic rings. The quantitative estimate of drug-likeness (QED) is 0.868. The van der Waals surface area contributed by atoms with Crippen molar-refractivity contribution in [1.29, 1.82) is 0 Å². The van der Waals surface area contributed by atoms with Crippen molar-refractivity contribution < 1.29 is 4.79 Å². The summed E-state index contributed by atoms with van der Waals surface area (Å²) in [7, 11) is 0. The molecule has 0 radical (unpaired) electrons. The molecule has 1 heterocycles. The molecule has 0 aliphatic carbocycles. The van der Waals surface area contributed by atoms with E-state index < -0.39 is 0 Å². The first-order valence-corrected chi connectivity index (χ1v) is 6.30. The van der Waals surface area contributed by atoms with E-state index in [0.717, 1.165) is 4.47 Å². The fourth-order valence-corrected chi connectivity index (χ4v) is 1.94. The number of nitrogens with two attached hydrogens (primary N) is 1. The summed E-state index contributed by atoms with van der Waals surface area (Å²) in [6.45, 7) is 5.58. The Morgan fingerprint density at radius 3 is 2.71 bits per heavy atom. The summed E-state index contributed by atoms with van der Waals surface area (Å²) in [5.41, 5.74) is 6.16. The Labute approximate surface area is 110 Å². The third kappa shape index (κ3) is 3.89. The largest absolute Gasteiger partial charge is 0.397 e. The zero-order valence-corrected chi connectivity index (χ0v) is 11.6. The molecule has 1 amide bonds. The number of aromatic nitrogens is 1. The lowest BCUT2D eigenvalue weighted by atomic mass is 10.4. The molecule has 0 unspecified atom stereocenters. The molecule has 0 aromatic carbocycles. The molecule has 0 saturated carbocycles. The number of carbonyl (C=O) groups excluding carboxylic acids is 1. The zero-order chi connectivity index (χ0) is 12.8. The third-order valence-electron chi connectivity index (χ3n) is 2.39. The van der Waals surface area contributed by atoms with Gasteiger partial charge in [-0.1, -0.05) is 0 Å². The van der Waals surface area contributed by atoms with Gasteiger partial charge in [0, 0.05) is 13.1 Å². The minimum atomic E-state index is 0.0560. The van der Waals surface area contributed by atoms with Crippen LogP contribution in [0.15, 0.2) is 16.7 Å². The van der Waals surface area contributed by atoms with Gasteiger partial charge in [-0.3, -0.25) is 4.79 Å². The molecule has 6 heteroatoms. The minimum Gasteiger partial charge on any atom is -0.397 e. The Kier molecular flexibility index (Phi) is 5.21. The number of nitrogens with one attached hydrogen (secondary N) is 1. The van der Waals surface area contributed by atoms with Crippen molar-refractivity contribution in [3.05, 3.63) is 16.7 Å². The Bertz CT molecular complexity index is 393. The fourth-order valence-electron chi connectivity index (χ4n) is 1.43. The summed E-state index contributed by atoms with van der Waals surface area (Å²) < 4.78 is 0.754. The van der Waals surface area contributed by atoms with E-state index in [0.29, 0.717) is 24.6 Å². The number of pyridine rings is 1. The molecule has 3 N–H and O–H groups in total. The second-order valence-electron chi connectivity index (χ2n) is 3.52. The highest BCUT2D eigenvalue weighted by Crippen LogP contribution is 2.21. The number of hydrogen-bond acceptors (Lipinski definition) is 4. The SMILES string of the molecule is CCN(CC)C(=O)CNc1ncc(N)cc1Br. The molecule has 0 fully saturated rings. The first-order chi connectivity index (χ1) is 8.08. The number of carbonyl (C=O) groups is 1. The minimum absolute atomic E-state index is 0.0560. The van der Waals surface area contributed by atoms with Crippen LogP contribution in [0.5, 0.6) is 0 Å². The molecule has 0 aliphatic heterocycles. The van der Waals surface area contributed by atoms with Crippen molar-refractivity contribution >= 4 is 33.3 Å². The van der Waals surface area contributed by atoms with E-state index in [1.54, 1.807) is 17.2 Å². The van der Waals surface area contributed by atoms with Crippen molar-refractivity contribution in [3.8, 4) is 0 Å². The van der Waals surface area contributed by atoms with Gasteiger partial charge in [0.1, 0.15) is 5.82 Å². The van der Waals surface area contributed by atoms with E-state index in [9.17, 15) is 4.79 Å². The molecule has 1 rings (SSSR count). The smallest absolute Gasteiger partial charge is 0.241 e. The van der Waals surface area contributed by atoms with Crippen LogP contribution in [-0.2, 0) is 4.79 Å². The summed E-state index contributed by atoms with van der Waals surface area (Å²) in [5.74, 6) is 0.681. The maximum absolute atomic E-state index is 11.8. The first kappa shape index (κ1) is 13.8. The number of amides is 1. The van der Waals surface area contributed by atoms with Gasteiger partial charge in [-0.05, 0) is 35.8 Å². The van der Waals surface area contributed by atoms with Crippen LogP contribution in [0, 0.1) is 0 Å². The number of nitrogens with zero attached hydrogens (tertiary/aromatic N) is 2. The number of rotatable bonds is 5. The number of anilines is 2. The Balaban J connectivity index is 2.58. The van der Waals surface area contributed by atoms with Crippen molar-refractivity contribution in [1.82, 2.24) is 9.88 Å². The van der Waals surface area contributed by atoms with Crippen molar-refractivity contribution in [2.75, 3.05) is 30.7 Å². The lowest BCUT2D eigenvalue weighted by Crippen LogP contribution is -2.35. The maximum Gasteiger partial charge on any atom is 0.241 e. The fraction of sp³-hybridized carbons (Fsp3) is 0.455. The van der Waals surface area contributed by atoms with Crippen LogP contribution in [-0.4, -0.2) is 35.4 Å². The van der Waals surface area contributed by atoms with Crippen molar-refractivity contribution in [2.45, 2.75) is 13.8 Å². The highest BCUT2D eigenvalue weighted by molar-refractivity contribution is 9.10. The topological polar surface area (TPSA) is 71.2 Å². The number of likely N-dealkylation sites (N-methyl/N-ethyl adjacent to an activating group) is 1. The highest BCUT2D eigenvalue weighted by atomic mass is 79.9. The molecule has 0 bridgehead atoms. The lowest BCUT2D eigenvalue weighted by molar-refractivity contribution is -0.128. The second kappa shape index (κ2) is 6.44. The van der Waals surface area contributed by atoms with E-state index in [4.69, 9.17) is 5.73 Å². The number of halogens is 1. The molecule has 0 atom stereocenters. The van der Waals surface area contributed by atoms with Crippen LogP contribution in [0.25, 0.3) is 0 Å². The van der Waals surface area contributed by atoms with E-state index in [1.165, 1.54) is 0 Å². The second-order valence-corrected chi connectivity index (χ2v) is 4.37. The normalized spacial score (nSPS) is 10.1. The average molecular weight is 301 g/mol. The molecule has 1 aromatic heterocycles. The molecule has 0 aliphatic rings. The standard InChI is InChI=1S/C11H17BrN4O/c1-3-16(4-2)10(17)7-15-11-9(12)5-8(13)6-14-11/h5-6H,3-4,7,13H2,1-2H3,(H,14,15). The van der Waals surface area contributed by atoms with Gasteiger partial charge in [-0.15, -0.1) is 0 Å². The molecule has 5 nitrogen and oxygen atoms in total. The van der Waals surface area contributed by atoms with Gasteiger partial charge in [-0.25, -0.2) is 4.98 Å². The van der Waals surface area contributed by atoms with E-state index in [-0.39, 0.29) is 12.5 Å². The molecule has 0 spiro atoms. The van der Waals surface area contributed by atoms with E-state index in [2.05, 4.69) is 26.2 Å². The monoisotopic (exact) mass is 300 g/mol. The molecular weight excluding hydrogens is 284 g/mol. The predicted octanol–water partition coefficient (Wildman–Crippen LogP) is 1.71. The number of nitrogen functional groups attached to an aromatic ring is 1. The van der Waals surface area contributed by atoms with Gasteiger partial charge < -0.3 is 16.0 Å². The lowest BCUT2D eigenvalue weighted by Gasteiger charge is -2.19. The van der Waals surface area contributed by atoms with Crippen LogP contribution in [0.1, 0.15) is 13.8 Å². The zero-order valence-electron chi connectivity index (χ0n) is 10.0. The van der Waals surface area contributed by atoms with Gasteiger partial charge in [0.15, 0.2) is 0 Å². The molecular formula is C11H17BrN4O. The van der Waals surface area contributed by atoms with Crippen LogP contribution < -0.4 is 11.1 Å². The number of hydrogen-bond donors (Lipinski definition) is 2. The van der Waals surface area contributed by atoms with Gasteiger partial charge >= 0.3 is 0 Å². The Morgan fingerprint density at radius 1 is 1.53 bits per heavy atom. The summed E-state index contributed by atoms with van der Waals surface area (Å²) >= 11 is 3.34. The maximum atomic E-state index is 11.8. The van der Waals surface area contributed by atoms with Gasteiger partial charge in [-0.2, -0.15) is 0 Å². The van der Waals surface area contributed by atoms with Crippen LogP contribution >= 0.6 is 15.9 Å². The van der Waals surface area contributed by atoms with Crippen molar-refractivity contribution in [3.63, 3.8) is 0 Å². The molecule has 17 heavy (non-hydrogen) atoms. The first-order valence-electron chi connectivity index (χ1n) is 5.51. The van der Waals surface area contributed by atoms with Gasteiger partial charge in [0.05, 0.1) is 22.9 Å². The third-order valence-corrected chi connectivity index (χ3v) is 2.99. The summed E-state index contributed by atoms with van der Waals surface area (Å²) in [6.07, 6.45) is 1.55. The van der Waals surface area contributed by atoms with Crippen LogP contribution in [0.4, 0.5) is 11.5 Å². The average Bonchev–Trinajstić information content (AvgIpc) is 2.29. The Morgan fingerprint density at radius 2 is 2.18 bits per heavy atom. The summed E-state index contributed by atoms with van der Waals surface area (Å²) in [5, 5.41) is 2.98.